The number of aliphatic hydroxyl groups is 1. The summed E-state index contributed by atoms with van der Waals surface area (Å²) in [6.45, 7) is -0.504. The van der Waals surface area contributed by atoms with Crippen LogP contribution in [0.5, 0.6) is 0 Å². The van der Waals surface area contributed by atoms with E-state index in [4.69, 9.17) is 5.11 Å². The molecule has 1 aromatic rings. The molecule has 7 nitrogen and oxygen atoms in total. The summed E-state index contributed by atoms with van der Waals surface area (Å²) < 4.78 is 23.8. The number of nitrogens with one attached hydrogen (secondary N) is 2. The maximum absolute atomic E-state index is 11.9. The molecule has 0 spiro atoms. The minimum atomic E-state index is -3.83. The number of sulfonamides is 1. The van der Waals surface area contributed by atoms with Crippen molar-refractivity contribution in [1.82, 2.24) is 15.2 Å². The van der Waals surface area contributed by atoms with Crippen molar-refractivity contribution < 1.29 is 18.3 Å². The van der Waals surface area contributed by atoms with Gasteiger partial charge in [0.15, 0.2) is 0 Å². The highest BCUT2D eigenvalue weighted by molar-refractivity contribution is 7.89. The first-order chi connectivity index (χ1) is 8.51. The Hall–Kier alpha value is -1.64. The van der Waals surface area contributed by atoms with Gasteiger partial charge in [-0.3, -0.25) is 0 Å². The van der Waals surface area contributed by atoms with Crippen molar-refractivity contribution >= 4 is 16.1 Å². The van der Waals surface area contributed by atoms with E-state index in [9.17, 15) is 13.2 Å². The van der Waals surface area contributed by atoms with Crippen LogP contribution < -0.4 is 10.1 Å². The lowest BCUT2D eigenvalue weighted by Gasteiger charge is -2.21. The number of hydrazine groups is 1. The lowest BCUT2D eigenvalue weighted by Crippen LogP contribution is -2.50. The smallest absolute Gasteiger partial charge is 0.332 e. The van der Waals surface area contributed by atoms with Crippen LogP contribution in [0.1, 0.15) is 0 Å². The second-order valence-electron chi connectivity index (χ2n) is 3.34. The molecule has 2 amide bonds. The first-order valence-electron chi connectivity index (χ1n) is 5.19. The molecule has 0 heterocycles. The Morgan fingerprint density at radius 1 is 1.33 bits per heavy atom. The fourth-order valence-electron chi connectivity index (χ4n) is 1.22. The van der Waals surface area contributed by atoms with Crippen LogP contribution in [0.2, 0.25) is 0 Å². The quantitative estimate of drug-likeness (QED) is 0.631. The summed E-state index contributed by atoms with van der Waals surface area (Å²) >= 11 is 0. The van der Waals surface area contributed by atoms with Crippen LogP contribution in [-0.2, 0) is 10.0 Å². The number of carbonyl (C=O) groups is 1. The summed E-state index contributed by atoms with van der Waals surface area (Å²) in [6, 6.07) is 6.99. The first-order valence-corrected chi connectivity index (χ1v) is 6.67. The number of aliphatic hydroxyl groups excluding tert-OH is 1. The van der Waals surface area contributed by atoms with E-state index in [-0.39, 0.29) is 18.0 Å². The molecule has 0 unspecified atom stereocenters. The number of rotatable bonds is 5. The van der Waals surface area contributed by atoms with Gasteiger partial charge in [-0.05, 0) is 12.1 Å². The molecule has 3 N–H and O–H groups in total. The van der Waals surface area contributed by atoms with Crippen molar-refractivity contribution in [3.05, 3.63) is 30.3 Å². The van der Waals surface area contributed by atoms with Gasteiger partial charge in [0.05, 0.1) is 18.0 Å². The van der Waals surface area contributed by atoms with E-state index in [1.807, 2.05) is 0 Å². The third-order valence-corrected chi connectivity index (χ3v) is 3.42. The van der Waals surface area contributed by atoms with E-state index in [1.165, 1.54) is 19.2 Å². The number of benzene rings is 1. The van der Waals surface area contributed by atoms with Crippen molar-refractivity contribution in [1.29, 1.82) is 0 Å². The Morgan fingerprint density at radius 2 is 1.94 bits per heavy atom. The van der Waals surface area contributed by atoms with Gasteiger partial charge in [-0.15, -0.1) is 4.83 Å². The normalized spacial score (nSPS) is 11.0. The lowest BCUT2D eigenvalue weighted by molar-refractivity contribution is 0.168. The number of hydrogen-bond donors (Lipinski definition) is 3. The average Bonchev–Trinajstić information content (AvgIpc) is 2.38. The summed E-state index contributed by atoms with van der Waals surface area (Å²) in [7, 11) is -2.47. The third-order valence-electron chi connectivity index (χ3n) is 2.07. The Bertz CT molecular complexity index is 489. The largest absolute Gasteiger partial charge is 0.394 e. The molecule has 0 aliphatic heterocycles. The van der Waals surface area contributed by atoms with Crippen LogP contribution in [0.15, 0.2) is 35.2 Å². The zero-order valence-corrected chi connectivity index (χ0v) is 10.6. The molecule has 100 valence electrons. The van der Waals surface area contributed by atoms with E-state index in [0.29, 0.717) is 0 Å². The molecule has 0 radical (unpaired) electrons. The zero-order valence-electron chi connectivity index (χ0n) is 9.83. The molecule has 18 heavy (non-hydrogen) atoms. The Kier molecular flexibility index (Phi) is 5.08. The molecule has 1 aromatic carbocycles. The number of hydrogen-bond acceptors (Lipinski definition) is 4. The molecule has 0 aliphatic rings. The van der Waals surface area contributed by atoms with Crippen LogP contribution in [0.25, 0.3) is 0 Å². The summed E-state index contributed by atoms with van der Waals surface area (Å²) in [5.74, 6) is 0. The van der Waals surface area contributed by atoms with Gasteiger partial charge in [0, 0.05) is 7.05 Å². The topological polar surface area (TPSA) is 98.7 Å². The number of carbonyl (C=O) groups excluding carboxylic acids is 1. The van der Waals surface area contributed by atoms with E-state index >= 15 is 0 Å². The second-order valence-corrected chi connectivity index (χ2v) is 5.00. The summed E-state index contributed by atoms with van der Waals surface area (Å²) in [5.41, 5.74) is 0. The van der Waals surface area contributed by atoms with Crippen LogP contribution in [0.4, 0.5) is 4.79 Å². The highest BCUT2D eigenvalue weighted by atomic mass is 32.2. The van der Waals surface area contributed by atoms with E-state index < -0.39 is 16.1 Å². The van der Waals surface area contributed by atoms with Gasteiger partial charge in [-0.25, -0.2) is 18.2 Å². The molecule has 0 aliphatic carbocycles. The van der Waals surface area contributed by atoms with Crippen molar-refractivity contribution in [2.75, 3.05) is 20.2 Å². The second kappa shape index (κ2) is 6.34. The predicted octanol–water partition coefficient (Wildman–Crippen LogP) is -0.486. The van der Waals surface area contributed by atoms with Crippen LogP contribution in [0.3, 0.4) is 0 Å². The molecule has 8 heteroatoms. The van der Waals surface area contributed by atoms with E-state index in [1.54, 1.807) is 18.2 Å². The van der Waals surface area contributed by atoms with Crippen molar-refractivity contribution in [2.45, 2.75) is 4.90 Å². The van der Waals surface area contributed by atoms with Crippen LogP contribution >= 0.6 is 0 Å². The number of urea groups is 1. The fraction of sp³-hybridized carbons (Fsp3) is 0.300. The molecule has 0 bridgehead atoms. The molecular formula is C10H15N3O4S. The Labute approximate surface area is 105 Å². The predicted molar refractivity (Wildman–Crippen MR) is 65.0 cm³/mol. The van der Waals surface area contributed by atoms with Crippen molar-refractivity contribution in [3.63, 3.8) is 0 Å². The lowest BCUT2D eigenvalue weighted by atomic mass is 10.4. The SMILES string of the molecule is CNC(=O)N(CCO)NS(=O)(=O)c1ccccc1. The van der Waals surface area contributed by atoms with Gasteiger partial charge < -0.3 is 10.4 Å². The minimum absolute atomic E-state index is 0.0387. The van der Waals surface area contributed by atoms with E-state index in [2.05, 4.69) is 10.1 Å². The van der Waals surface area contributed by atoms with Gasteiger partial charge in [-0.2, -0.15) is 0 Å². The van der Waals surface area contributed by atoms with Gasteiger partial charge in [-0.1, -0.05) is 18.2 Å². The molecule has 0 saturated heterocycles. The van der Waals surface area contributed by atoms with Crippen molar-refractivity contribution in [2.24, 2.45) is 0 Å². The first kappa shape index (κ1) is 14.4. The van der Waals surface area contributed by atoms with Gasteiger partial charge in [0.1, 0.15) is 0 Å². The van der Waals surface area contributed by atoms with Gasteiger partial charge in [0.25, 0.3) is 10.0 Å². The standard InChI is InChI=1S/C10H15N3O4S/c1-11-10(15)13(7-8-14)12-18(16,17)9-5-3-2-4-6-9/h2-6,12,14H,7-8H2,1H3,(H,11,15). The Balaban J connectivity index is 2.90. The summed E-state index contributed by atoms with van der Waals surface area (Å²) in [5, 5.41) is 11.9. The summed E-state index contributed by atoms with van der Waals surface area (Å²) in [4.78, 5) is 13.5. The Morgan fingerprint density at radius 3 is 2.44 bits per heavy atom. The minimum Gasteiger partial charge on any atom is -0.394 e. The average molecular weight is 273 g/mol. The van der Waals surface area contributed by atoms with Crippen molar-refractivity contribution in [3.8, 4) is 0 Å². The van der Waals surface area contributed by atoms with Gasteiger partial charge in [0.2, 0.25) is 0 Å². The van der Waals surface area contributed by atoms with Crippen LogP contribution in [-0.4, -0.2) is 44.8 Å². The van der Waals surface area contributed by atoms with Crippen LogP contribution in [0, 0.1) is 0 Å². The molecule has 0 saturated carbocycles. The fourth-order valence-corrected chi connectivity index (χ4v) is 2.31. The maximum Gasteiger partial charge on any atom is 0.332 e. The van der Waals surface area contributed by atoms with E-state index in [0.717, 1.165) is 5.01 Å². The molecule has 1 rings (SSSR count). The summed E-state index contributed by atoms with van der Waals surface area (Å²) in [6.07, 6.45) is 0. The maximum atomic E-state index is 11.9. The molecule has 0 aromatic heterocycles. The highest BCUT2D eigenvalue weighted by Gasteiger charge is 2.20. The third kappa shape index (κ3) is 3.69. The molecule has 0 fully saturated rings. The highest BCUT2D eigenvalue weighted by Crippen LogP contribution is 2.07. The molecule has 0 atom stereocenters. The number of amides is 2. The molecular weight excluding hydrogens is 258 g/mol. The number of nitrogens with zero attached hydrogens (tertiary/aromatic N) is 1. The van der Waals surface area contributed by atoms with Gasteiger partial charge >= 0.3 is 6.03 Å². The zero-order chi connectivity index (χ0) is 13.6. The monoisotopic (exact) mass is 273 g/mol.